The fourth-order valence-corrected chi connectivity index (χ4v) is 2.46. The lowest BCUT2D eigenvalue weighted by Crippen LogP contribution is -2.26. The molecule has 1 fully saturated rings. The third-order valence-electron chi connectivity index (χ3n) is 3.37. The number of hydrogen-bond donors (Lipinski definition) is 2. The molecule has 0 radical (unpaired) electrons. The van der Waals surface area contributed by atoms with Crippen LogP contribution in [0.5, 0.6) is 5.75 Å². The van der Waals surface area contributed by atoms with E-state index in [2.05, 4.69) is 22.6 Å². The van der Waals surface area contributed by atoms with Crippen LogP contribution >= 0.6 is 0 Å². The topological polar surface area (TPSA) is 53.6 Å². The van der Waals surface area contributed by atoms with Gasteiger partial charge in [0.2, 0.25) is 0 Å². The maximum absolute atomic E-state index is 11.3. The molecule has 0 aromatic heterocycles. The van der Waals surface area contributed by atoms with Gasteiger partial charge in [0.05, 0.1) is 5.69 Å². The van der Waals surface area contributed by atoms with Gasteiger partial charge < -0.3 is 20.3 Å². The fourth-order valence-electron chi connectivity index (χ4n) is 2.46. The number of ether oxygens (including phenoxy) is 1. The Bertz CT molecular complexity index is 475. The summed E-state index contributed by atoms with van der Waals surface area (Å²) < 4.78 is 5.33. The molecule has 5 nitrogen and oxygen atoms in total. The second kappa shape index (κ2) is 4.49. The van der Waals surface area contributed by atoms with Gasteiger partial charge in [-0.2, -0.15) is 0 Å². The first-order valence-corrected chi connectivity index (χ1v) is 6.22. The Morgan fingerprint density at radius 2 is 2.39 bits per heavy atom. The predicted octanol–water partition coefficient (Wildman–Crippen LogP) is 1.13. The largest absolute Gasteiger partial charge is 0.482 e. The van der Waals surface area contributed by atoms with Crippen LogP contribution in [0.15, 0.2) is 18.2 Å². The number of likely N-dealkylation sites (N-methyl/N-ethyl adjacent to an activating group) is 1. The SMILES string of the molecule is CN1CCC(Nc2ccc3c(c2)NC(=O)CO3)C1. The smallest absolute Gasteiger partial charge is 0.262 e. The highest BCUT2D eigenvalue weighted by molar-refractivity contribution is 5.96. The quantitative estimate of drug-likeness (QED) is 0.822. The van der Waals surface area contributed by atoms with Crippen LogP contribution in [0.25, 0.3) is 0 Å². The average molecular weight is 247 g/mol. The van der Waals surface area contributed by atoms with E-state index in [4.69, 9.17) is 4.74 Å². The number of nitrogens with one attached hydrogen (secondary N) is 2. The molecule has 1 saturated heterocycles. The van der Waals surface area contributed by atoms with Crippen LogP contribution in [0.1, 0.15) is 6.42 Å². The Morgan fingerprint density at radius 3 is 3.17 bits per heavy atom. The monoisotopic (exact) mass is 247 g/mol. The first-order chi connectivity index (χ1) is 8.70. The zero-order valence-electron chi connectivity index (χ0n) is 10.4. The van der Waals surface area contributed by atoms with Gasteiger partial charge in [0.1, 0.15) is 5.75 Å². The lowest BCUT2D eigenvalue weighted by molar-refractivity contribution is -0.118. The van der Waals surface area contributed by atoms with Gasteiger partial charge in [0, 0.05) is 18.3 Å². The number of anilines is 2. The average Bonchev–Trinajstić information content (AvgIpc) is 2.74. The van der Waals surface area contributed by atoms with Crippen molar-refractivity contribution in [2.45, 2.75) is 12.5 Å². The van der Waals surface area contributed by atoms with Gasteiger partial charge >= 0.3 is 0 Å². The second-order valence-electron chi connectivity index (χ2n) is 4.94. The zero-order valence-corrected chi connectivity index (χ0v) is 10.4. The molecule has 0 aliphatic carbocycles. The van der Waals surface area contributed by atoms with Crippen molar-refractivity contribution >= 4 is 17.3 Å². The molecule has 5 heteroatoms. The molecule has 2 aliphatic heterocycles. The van der Waals surface area contributed by atoms with Crippen molar-refractivity contribution in [1.29, 1.82) is 0 Å². The van der Waals surface area contributed by atoms with E-state index >= 15 is 0 Å². The molecule has 1 aromatic carbocycles. The van der Waals surface area contributed by atoms with Crippen molar-refractivity contribution in [1.82, 2.24) is 4.90 Å². The first-order valence-electron chi connectivity index (χ1n) is 6.22. The van der Waals surface area contributed by atoms with E-state index in [-0.39, 0.29) is 12.5 Å². The molecule has 0 spiro atoms. The number of likely N-dealkylation sites (tertiary alicyclic amines) is 1. The van der Waals surface area contributed by atoms with Gasteiger partial charge in [-0.15, -0.1) is 0 Å². The van der Waals surface area contributed by atoms with Gasteiger partial charge in [0.15, 0.2) is 6.61 Å². The summed E-state index contributed by atoms with van der Waals surface area (Å²) in [5.41, 5.74) is 1.78. The number of amides is 1. The van der Waals surface area contributed by atoms with E-state index in [0.717, 1.165) is 36.6 Å². The highest BCUT2D eigenvalue weighted by atomic mass is 16.5. The van der Waals surface area contributed by atoms with Gasteiger partial charge in [-0.25, -0.2) is 0 Å². The molecule has 2 N–H and O–H groups in total. The molecular weight excluding hydrogens is 230 g/mol. The Kier molecular flexibility index (Phi) is 2.83. The van der Waals surface area contributed by atoms with Crippen LogP contribution in [0.3, 0.4) is 0 Å². The minimum absolute atomic E-state index is 0.0970. The van der Waals surface area contributed by atoms with E-state index in [1.54, 1.807) is 0 Å². The summed E-state index contributed by atoms with van der Waals surface area (Å²) in [5.74, 6) is 0.643. The van der Waals surface area contributed by atoms with Crippen LogP contribution in [0, 0.1) is 0 Å². The summed E-state index contributed by atoms with van der Waals surface area (Å²) in [6, 6.07) is 6.31. The Hall–Kier alpha value is -1.75. The summed E-state index contributed by atoms with van der Waals surface area (Å²) in [7, 11) is 2.13. The van der Waals surface area contributed by atoms with E-state index in [1.165, 1.54) is 0 Å². The van der Waals surface area contributed by atoms with Gasteiger partial charge in [0.25, 0.3) is 5.91 Å². The van der Waals surface area contributed by atoms with Crippen molar-refractivity contribution in [3.8, 4) is 5.75 Å². The second-order valence-corrected chi connectivity index (χ2v) is 4.94. The van der Waals surface area contributed by atoms with Gasteiger partial charge in [-0.1, -0.05) is 0 Å². The van der Waals surface area contributed by atoms with E-state index < -0.39 is 0 Å². The lowest BCUT2D eigenvalue weighted by Gasteiger charge is -2.20. The van der Waals surface area contributed by atoms with Gasteiger partial charge in [-0.3, -0.25) is 4.79 Å². The van der Waals surface area contributed by atoms with Crippen molar-refractivity contribution < 1.29 is 9.53 Å². The highest BCUT2D eigenvalue weighted by Crippen LogP contribution is 2.31. The highest BCUT2D eigenvalue weighted by Gasteiger charge is 2.20. The van der Waals surface area contributed by atoms with Crippen molar-refractivity contribution in [3.05, 3.63) is 18.2 Å². The molecule has 1 atom stereocenters. The number of benzene rings is 1. The van der Waals surface area contributed by atoms with Crippen LogP contribution in [0.2, 0.25) is 0 Å². The number of fused-ring (bicyclic) bond motifs is 1. The molecular formula is C13H17N3O2. The van der Waals surface area contributed by atoms with Crippen LogP contribution in [-0.4, -0.2) is 43.6 Å². The minimum atomic E-state index is -0.0970. The predicted molar refractivity (Wildman–Crippen MR) is 70.1 cm³/mol. The summed E-state index contributed by atoms with van der Waals surface area (Å²) in [6.45, 7) is 2.29. The number of rotatable bonds is 2. The third kappa shape index (κ3) is 2.26. The van der Waals surface area contributed by atoms with Crippen molar-refractivity contribution in [3.63, 3.8) is 0 Å². The maximum Gasteiger partial charge on any atom is 0.262 e. The summed E-state index contributed by atoms with van der Waals surface area (Å²) >= 11 is 0. The van der Waals surface area contributed by atoms with Crippen LogP contribution in [-0.2, 0) is 4.79 Å². The summed E-state index contributed by atoms with van der Waals surface area (Å²) in [6.07, 6.45) is 1.15. The maximum atomic E-state index is 11.3. The lowest BCUT2D eigenvalue weighted by atomic mass is 10.2. The zero-order chi connectivity index (χ0) is 12.5. The van der Waals surface area contributed by atoms with E-state index in [1.807, 2.05) is 18.2 Å². The van der Waals surface area contributed by atoms with Crippen molar-refractivity contribution in [2.75, 3.05) is 37.4 Å². The van der Waals surface area contributed by atoms with Crippen LogP contribution < -0.4 is 15.4 Å². The number of hydrogen-bond acceptors (Lipinski definition) is 4. The summed E-state index contributed by atoms with van der Waals surface area (Å²) in [4.78, 5) is 13.6. The molecule has 96 valence electrons. The van der Waals surface area contributed by atoms with Gasteiger partial charge in [-0.05, 0) is 38.2 Å². The minimum Gasteiger partial charge on any atom is -0.482 e. The number of nitrogens with zero attached hydrogens (tertiary/aromatic N) is 1. The molecule has 2 heterocycles. The number of carbonyl (C=O) groups is 1. The third-order valence-corrected chi connectivity index (χ3v) is 3.37. The molecule has 1 unspecified atom stereocenters. The fraction of sp³-hybridized carbons (Fsp3) is 0.462. The first kappa shape index (κ1) is 11.3. The van der Waals surface area contributed by atoms with Crippen molar-refractivity contribution in [2.24, 2.45) is 0 Å². The number of carbonyl (C=O) groups excluding carboxylic acids is 1. The van der Waals surface area contributed by atoms with E-state index in [9.17, 15) is 4.79 Å². The summed E-state index contributed by atoms with van der Waals surface area (Å²) in [5, 5.41) is 6.31. The van der Waals surface area contributed by atoms with E-state index in [0.29, 0.717) is 6.04 Å². The molecule has 0 bridgehead atoms. The Balaban J connectivity index is 1.73. The Labute approximate surface area is 106 Å². The molecule has 3 rings (SSSR count). The molecule has 1 amide bonds. The standard InChI is InChI=1S/C13H17N3O2/c1-16-5-4-10(7-16)14-9-2-3-12-11(6-9)15-13(17)8-18-12/h2-3,6,10,14H,4-5,7-8H2,1H3,(H,15,17). The molecule has 1 aromatic rings. The molecule has 18 heavy (non-hydrogen) atoms. The molecule has 0 saturated carbocycles. The Morgan fingerprint density at radius 1 is 1.50 bits per heavy atom. The molecule has 2 aliphatic rings. The van der Waals surface area contributed by atoms with Crippen LogP contribution in [0.4, 0.5) is 11.4 Å². The normalized spacial score (nSPS) is 23.2.